The molecule has 0 aliphatic heterocycles. The molecule has 2 amide bonds. The summed E-state index contributed by atoms with van der Waals surface area (Å²) in [5.74, 6) is -3.01. The lowest BCUT2D eigenvalue weighted by Gasteiger charge is -2.26. The summed E-state index contributed by atoms with van der Waals surface area (Å²) in [5, 5.41) is 14.3. The number of amides is 2. The molecule has 0 saturated carbocycles. The van der Waals surface area contributed by atoms with Crippen molar-refractivity contribution >= 4 is 28.7 Å². The number of nitrogens with zero attached hydrogens (tertiary/aromatic N) is 1. The minimum atomic E-state index is -1.26. The van der Waals surface area contributed by atoms with E-state index in [1.54, 1.807) is 68.4 Å². The van der Waals surface area contributed by atoms with Crippen molar-refractivity contribution in [3.05, 3.63) is 81.0 Å². The molecule has 3 rings (SSSR count). The average Bonchev–Trinajstić information content (AvgIpc) is 2.82. The number of rotatable bonds is 9. The number of carbonyl (C=O) groups is 3. The lowest BCUT2D eigenvalue weighted by atomic mass is 10.0. The summed E-state index contributed by atoms with van der Waals surface area (Å²) in [4.78, 5) is 66.3. The van der Waals surface area contributed by atoms with Crippen LogP contribution in [0.15, 0.2) is 64.2 Å². The molecular weight excluding hydrogens is 452 g/mol. The summed E-state index contributed by atoms with van der Waals surface area (Å²) in [5.41, 5.74) is -0.336. The van der Waals surface area contributed by atoms with Gasteiger partial charge in [0.1, 0.15) is 18.1 Å². The van der Waals surface area contributed by atoms with Crippen molar-refractivity contribution in [1.29, 1.82) is 0 Å². The van der Waals surface area contributed by atoms with Crippen LogP contribution >= 0.6 is 0 Å². The normalized spacial score (nSPS) is 13.7. The van der Waals surface area contributed by atoms with Gasteiger partial charge in [-0.1, -0.05) is 56.3 Å². The number of carbonyl (C=O) groups excluding carboxylic acids is 2. The van der Waals surface area contributed by atoms with Gasteiger partial charge in [0.2, 0.25) is 11.8 Å². The van der Waals surface area contributed by atoms with E-state index in [-0.39, 0.29) is 11.8 Å². The van der Waals surface area contributed by atoms with Crippen LogP contribution in [-0.4, -0.2) is 44.5 Å². The van der Waals surface area contributed by atoms with Crippen LogP contribution in [0, 0.1) is 5.92 Å². The van der Waals surface area contributed by atoms with Crippen LogP contribution in [0.2, 0.25) is 0 Å². The molecule has 0 unspecified atom stereocenters. The fourth-order valence-electron chi connectivity index (χ4n) is 3.75. The molecule has 2 aromatic carbocycles. The van der Waals surface area contributed by atoms with Crippen molar-refractivity contribution in [1.82, 2.24) is 20.2 Å². The summed E-state index contributed by atoms with van der Waals surface area (Å²) in [6, 6.07) is 11.9. The number of carboxylic acids is 1. The lowest BCUT2D eigenvalue weighted by molar-refractivity contribution is -0.142. The number of hydrogen-bond acceptors (Lipinski definition) is 5. The fraction of sp³-hybridized carbons (Fsp3) is 0.320. The molecule has 0 spiro atoms. The van der Waals surface area contributed by atoms with Gasteiger partial charge in [0.05, 0.1) is 10.9 Å². The van der Waals surface area contributed by atoms with Gasteiger partial charge in [-0.05, 0) is 30.5 Å². The number of H-pyrrole nitrogens is 1. The number of para-hydroxylation sites is 1. The molecule has 3 aromatic rings. The number of nitrogens with one attached hydrogen (secondary N) is 3. The Kier molecular flexibility index (Phi) is 7.85. The average molecular weight is 481 g/mol. The zero-order chi connectivity index (χ0) is 25.7. The summed E-state index contributed by atoms with van der Waals surface area (Å²) in [6.45, 7) is 4.69. The third-order valence-corrected chi connectivity index (χ3v) is 5.70. The molecule has 0 aliphatic rings. The fourth-order valence-corrected chi connectivity index (χ4v) is 3.75. The van der Waals surface area contributed by atoms with Crippen LogP contribution in [0.25, 0.3) is 10.9 Å². The smallest absolute Gasteiger partial charge is 0.329 e. The second-order valence-electron chi connectivity index (χ2n) is 8.66. The van der Waals surface area contributed by atoms with Crippen LogP contribution in [0.4, 0.5) is 0 Å². The van der Waals surface area contributed by atoms with Gasteiger partial charge in [0.15, 0.2) is 0 Å². The molecule has 0 saturated heterocycles. The Morgan fingerprint density at radius 2 is 1.54 bits per heavy atom. The first kappa shape index (κ1) is 25.4. The molecule has 0 fully saturated rings. The van der Waals surface area contributed by atoms with Crippen molar-refractivity contribution in [2.75, 3.05) is 0 Å². The van der Waals surface area contributed by atoms with E-state index < -0.39 is 53.1 Å². The molecule has 10 heteroatoms. The molecule has 1 heterocycles. The second kappa shape index (κ2) is 10.8. The zero-order valence-corrected chi connectivity index (χ0v) is 19.6. The Bertz CT molecular complexity index is 1350. The highest BCUT2D eigenvalue weighted by molar-refractivity contribution is 5.91. The number of benzene rings is 2. The summed E-state index contributed by atoms with van der Waals surface area (Å²) in [6.07, 6.45) is 0.0198. The zero-order valence-electron chi connectivity index (χ0n) is 19.6. The Labute approximate surface area is 201 Å². The molecule has 0 radical (unpaired) electrons. The highest BCUT2D eigenvalue weighted by Crippen LogP contribution is 2.15. The summed E-state index contributed by atoms with van der Waals surface area (Å²) < 4.78 is 0.861. The standard InChI is InChI=1S/C25H28N4O6/c1-14(2)20(22(31)26-15(3)24(33)34)28-21(30)19(13-16-9-5-4-6-10-16)29-23(32)17-11-7-8-12-18(17)27-25(29)35/h4-12,14-15,19-20H,13H2,1-3H3,(H,26,31)(H,27,35)(H,28,30)(H,33,34)/t15-,19+,20+/m1/s1. The maximum Gasteiger partial charge on any atom is 0.329 e. The van der Waals surface area contributed by atoms with Crippen molar-refractivity contribution in [3.8, 4) is 0 Å². The maximum atomic E-state index is 13.5. The van der Waals surface area contributed by atoms with Crippen LogP contribution in [-0.2, 0) is 20.8 Å². The third-order valence-electron chi connectivity index (χ3n) is 5.70. The minimum absolute atomic E-state index is 0.0198. The van der Waals surface area contributed by atoms with E-state index in [2.05, 4.69) is 15.6 Å². The first-order valence-corrected chi connectivity index (χ1v) is 11.2. The van der Waals surface area contributed by atoms with E-state index in [4.69, 9.17) is 5.11 Å². The van der Waals surface area contributed by atoms with E-state index in [1.807, 2.05) is 0 Å². The SMILES string of the molecule is CC(C)[C@H](NC(=O)[C@H](Cc1ccccc1)n1c(=O)[nH]c2ccccc2c1=O)C(=O)N[C@H](C)C(=O)O. The molecule has 0 bridgehead atoms. The molecule has 4 N–H and O–H groups in total. The number of fused-ring (bicyclic) bond motifs is 1. The number of aromatic nitrogens is 2. The monoisotopic (exact) mass is 480 g/mol. The Morgan fingerprint density at radius 3 is 2.17 bits per heavy atom. The molecule has 1 aromatic heterocycles. The first-order chi connectivity index (χ1) is 16.6. The number of aromatic amines is 1. The highest BCUT2D eigenvalue weighted by atomic mass is 16.4. The van der Waals surface area contributed by atoms with E-state index in [9.17, 15) is 24.0 Å². The van der Waals surface area contributed by atoms with E-state index in [1.165, 1.54) is 6.92 Å². The van der Waals surface area contributed by atoms with Gasteiger partial charge in [-0.3, -0.25) is 19.2 Å². The molecule has 3 atom stereocenters. The topological polar surface area (TPSA) is 150 Å². The van der Waals surface area contributed by atoms with Crippen LogP contribution < -0.4 is 21.9 Å². The van der Waals surface area contributed by atoms with Crippen LogP contribution in [0.5, 0.6) is 0 Å². The molecule has 10 nitrogen and oxygen atoms in total. The lowest BCUT2D eigenvalue weighted by Crippen LogP contribution is -2.55. The molecule has 35 heavy (non-hydrogen) atoms. The second-order valence-corrected chi connectivity index (χ2v) is 8.66. The van der Waals surface area contributed by atoms with Crippen molar-refractivity contribution in [3.63, 3.8) is 0 Å². The van der Waals surface area contributed by atoms with Crippen LogP contribution in [0.1, 0.15) is 32.4 Å². The van der Waals surface area contributed by atoms with Gasteiger partial charge < -0.3 is 20.7 Å². The van der Waals surface area contributed by atoms with Gasteiger partial charge in [0, 0.05) is 6.42 Å². The van der Waals surface area contributed by atoms with E-state index in [0.29, 0.717) is 11.1 Å². The van der Waals surface area contributed by atoms with Gasteiger partial charge in [0.25, 0.3) is 5.56 Å². The number of hydrogen-bond donors (Lipinski definition) is 4. The maximum absolute atomic E-state index is 13.5. The molecule has 0 aliphatic carbocycles. The van der Waals surface area contributed by atoms with Crippen molar-refractivity contribution < 1.29 is 19.5 Å². The molecule has 184 valence electrons. The largest absolute Gasteiger partial charge is 0.480 e. The number of aliphatic carboxylic acids is 1. The highest BCUT2D eigenvalue weighted by Gasteiger charge is 2.32. The predicted molar refractivity (Wildman–Crippen MR) is 130 cm³/mol. The predicted octanol–water partition coefficient (Wildman–Crippen LogP) is 1.20. The van der Waals surface area contributed by atoms with Crippen molar-refractivity contribution in [2.24, 2.45) is 5.92 Å². The Balaban J connectivity index is 2.03. The quantitative estimate of drug-likeness (QED) is 0.361. The van der Waals surface area contributed by atoms with Gasteiger partial charge in [-0.25, -0.2) is 9.36 Å². The van der Waals surface area contributed by atoms with E-state index >= 15 is 0 Å². The minimum Gasteiger partial charge on any atom is -0.480 e. The van der Waals surface area contributed by atoms with E-state index in [0.717, 1.165) is 4.57 Å². The summed E-state index contributed by atoms with van der Waals surface area (Å²) in [7, 11) is 0. The van der Waals surface area contributed by atoms with Gasteiger partial charge in [-0.2, -0.15) is 0 Å². The van der Waals surface area contributed by atoms with Gasteiger partial charge in [-0.15, -0.1) is 0 Å². The number of carboxylic acid groups (broad SMARTS) is 1. The van der Waals surface area contributed by atoms with Gasteiger partial charge >= 0.3 is 11.7 Å². The summed E-state index contributed by atoms with van der Waals surface area (Å²) >= 11 is 0. The third kappa shape index (κ3) is 5.84. The Hall–Kier alpha value is -4.21. The molecular formula is C25H28N4O6. The first-order valence-electron chi connectivity index (χ1n) is 11.2. The van der Waals surface area contributed by atoms with Crippen LogP contribution in [0.3, 0.4) is 0 Å². The van der Waals surface area contributed by atoms with Crippen molar-refractivity contribution in [2.45, 2.75) is 45.3 Å². The Morgan fingerprint density at radius 1 is 0.914 bits per heavy atom.